The SMILES string of the molecule is CCOc1cc(/C=C2\SC(=S)N(Cc3ccccc3)C2=O)ccc1OCc1ccccc1[N+](=O)[O-]. The van der Waals surface area contributed by atoms with Crippen LogP contribution in [0.15, 0.2) is 77.7 Å². The van der Waals surface area contributed by atoms with Gasteiger partial charge in [0.25, 0.3) is 11.6 Å². The Hall–Kier alpha value is -3.69. The van der Waals surface area contributed by atoms with Gasteiger partial charge in [0.1, 0.15) is 10.9 Å². The number of hydrogen-bond acceptors (Lipinski definition) is 7. The van der Waals surface area contributed by atoms with Gasteiger partial charge in [-0.1, -0.05) is 72.5 Å². The van der Waals surface area contributed by atoms with Crippen molar-refractivity contribution in [1.29, 1.82) is 0 Å². The lowest BCUT2D eigenvalue weighted by Crippen LogP contribution is -2.27. The van der Waals surface area contributed by atoms with Gasteiger partial charge in [-0.15, -0.1) is 0 Å². The van der Waals surface area contributed by atoms with Gasteiger partial charge in [0.2, 0.25) is 0 Å². The largest absolute Gasteiger partial charge is 0.490 e. The molecule has 0 saturated carbocycles. The van der Waals surface area contributed by atoms with Crippen molar-refractivity contribution in [2.75, 3.05) is 6.61 Å². The highest BCUT2D eigenvalue weighted by Gasteiger charge is 2.32. The van der Waals surface area contributed by atoms with Gasteiger partial charge in [0.05, 0.1) is 28.5 Å². The lowest BCUT2D eigenvalue weighted by Gasteiger charge is -2.14. The average Bonchev–Trinajstić information content (AvgIpc) is 3.12. The van der Waals surface area contributed by atoms with E-state index in [1.807, 2.05) is 37.3 Å². The van der Waals surface area contributed by atoms with Crippen LogP contribution in [0.2, 0.25) is 0 Å². The maximum Gasteiger partial charge on any atom is 0.276 e. The number of amides is 1. The standard InChI is InChI=1S/C26H22N2O5S2/c1-2-32-23-14-19(12-13-22(23)33-17-20-10-6-7-11-21(20)28(30)31)15-24-25(29)27(26(34)35-24)16-18-8-4-3-5-9-18/h3-15H,2,16-17H2,1H3/b24-15-. The number of nitro groups is 1. The molecule has 9 heteroatoms. The number of nitrogens with zero attached hydrogens (tertiary/aromatic N) is 2. The zero-order valence-corrected chi connectivity index (χ0v) is 20.5. The summed E-state index contributed by atoms with van der Waals surface area (Å²) in [5, 5.41) is 11.3. The maximum absolute atomic E-state index is 13.0. The molecule has 0 unspecified atom stereocenters. The Balaban J connectivity index is 1.52. The molecule has 1 fully saturated rings. The van der Waals surface area contributed by atoms with E-state index in [0.717, 1.165) is 11.1 Å². The minimum Gasteiger partial charge on any atom is -0.490 e. The van der Waals surface area contributed by atoms with Gasteiger partial charge >= 0.3 is 0 Å². The minimum atomic E-state index is -0.431. The summed E-state index contributed by atoms with van der Waals surface area (Å²) in [5.74, 6) is 0.803. The van der Waals surface area contributed by atoms with Crippen molar-refractivity contribution < 1.29 is 19.2 Å². The molecule has 1 saturated heterocycles. The average molecular weight is 507 g/mol. The Bertz CT molecular complexity index is 1290. The lowest BCUT2D eigenvalue weighted by atomic mass is 10.1. The van der Waals surface area contributed by atoms with Crippen LogP contribution in [0.5, 0.6) is 11.5 Å². The van der Waals surface area contributed by atoms with Crippen molar-refractivity contribution in [3.63, 3.8) is 0 Å². The van der Waals surface area contributed by atoms with Crippen LogP contribution in [0.4, 0.5) is 5.69 Å². The van der Waals surface area contributed by atoms with E-state index in [1.165, 1.54) is 17.8 Å². The van der Waals surface area contributed by atoms with Gasteiger partial charge in [0, 0.05) is 6.07 Å². The quantitative estimate of drug-likeness (QED) is 0.153. The van der Waals surface area contributed by atoms with E-state index in [2.05, 4.69) is 0 Å². The first-order valence-electron chi connectivity index (χ1n) is 10.9. The molecule has 0 radical (unpaired) electrons. The van der Waals surface area contributed by atoms with Crippen LogP contribution >= 0.6 is 24.0 Å². The summed E-state index contributed by atoms with van der Waals surface area (Å²) in [6.07, 6.45) is 1.78. The second-order valence-electron chi connectivity index (χ2n) is 7.57. The molecule has 0 spiro atoms. The van der Waals surface area contributed by atoms with Crippen LogP contribution in [0.25, 0.3) is 6.08 Å². The number of hydrogen-bond donors (Lipinski definition) is 0. The van der Waals surface area contributed by atoms with Crippen LogP contribution in [0, 0.1) is 10.1 Å². The van der Waals surface area contributed by atoms with Gasteiger partial charge < -0.3 is 9.47 Å². The number of carbonyl (C=O) groups excluding carboxylic acids is 1. The highest BCUT2D eigenvalue weighted by atomic mass is 32.2. The van der Waals surface area contributed by atoms with E-state index >= 15 is 0 Å². The van der Waals surface area contributed by atoms with E-state index < -0.39 is 4.92 Å². The molecular weight excluding hydrogens is 484 g/mol. The zero-order valence-electron chi connectivity index (χ0n) is 18.9. The number of para-hydroxylation sites is 1. The lowest BCUT2D eigenvalue weighted by molar-refractivity contribution is -0.385. The van der Waals surface area contributed by atoms with Crippen molar-refractivity contribution in [2.24, 2.45) is 0 Å². The van der Waals surface area contributed by atoms with Gasteiger partial charge in [-0.05, 0) is 42.3 Å². The van der Waals surface area contributed by atoms with Crippen molar-refractivity contribution >= 4 is 46.0 Å². The molecule has 178 valence electrons. The zero-order chi connectivity index (χ0) is 24.8. The number of carbonyl (C=O) groups is 1. The molecule has 1 aliphatic heterocycles. The van der Waals surface area contributed by atoms with Gasteiger partial charge in [-0.2, -0.15) is 0 Å². The molecule has 1 aliphatic rings. The predicted molar refractivity (Wildman–Crippen MR) is 140 cm³/mol. The number of thiocarbonyl (C=S) groups is 1. The first-order valence-corrected chi connectivity index (χ1v) is 12.1. The van der Waals surface area contributed by atoms with E-state index in [9.17, 15) is 14.9 Å². The van der Waals surface area contributed by atoms with E-state index in [4.69, 9.17) is 21.7 Å². The highest BCUT2D eigenvalue weighted by molar-refractivity contribution is 8.26. The molecule has 3 aromatic rings. The van der Waals surface area contributed by atoms with Crippen LogP contribution in [-0.4, -0.2) is 26.7 Å². The Kier molecular flexibility index (Phi) is 7.79. The Morgan fingerprint density at radius 2 is 1.77 bits per heavy atom. The maximum atomic E-state index is 13.0. The fraction of sp³-hybridized carbons (Fsp3) is 0.154. The number of ether oxygens (including phenoxy) is 2. The number of rotatable bonds is 9. The Labute approximate surface area is 212 Å². The van der Waals surface area contributed by atoms with Crippen molar-refractivity contribution in [1.82, 2.24) is 4.90 Å². The monoisotopic (exact) mass is 506 g/mol. The Morgan fingerprint density at radius 3 is 2.51 bits per heavy atom. The summed E-state index contributed by atoms with van der Waals surface area (Å²) in [6, 6.07) is 21.5. The fourth-order valence-corrected chi connectivity index (χ4v) is 4.78. The molecular formula is C26H22N2O5S2. The Morgan fingerprint density at radius 1 is 1.03 bits per heavy atom. The van der Waals surface area contributed by atoms with Crippen LogP contribution in [0.3, 0.4) is 0 Å². The molecule has 35 heavy (non-hydrogen) atoms. The third kappa shape index (κ3) is 5.87. The van der Waals surface area contributed by atoms with E-state index in [0.29, 0.717) is 39.4 Å². The predicted octanol–water partition coefficient (Wildman–Crippen LogP) is 5.97. The molecule has 0 aliphatic carbocycles. The van der Waals surface area contributed by atoms with Gasteiger partial charge in [-0.25, -0.2) is 0 Å². The summed E-state index contributed by atoms with van der Waals surface area (Å²) < 4.78 is 12.1. The molecule has 0 atom stereocenters. The third-order valence-corrected chi connectivity index (χ3v) is 6.57. The second-order valence-corrected chi connectivity index (χ2v) is 9.24. The van der Waals surface area contributed by atoms with Crippen molar-refractivity contribution in [3.8, 4) is 11.5 Å². The fourth-order valence-electron chi connectivity index (χ4n) is 3.52. The third-order valence-electron chi connectivity index (χ3n) is 5.19. The molecule has 1 heterocycles. The van der Waals surface area contributed by atoms with Gasteiger partial charge in [0.15, 0.2) is 11.5 Å². The molecule has 7 nitrogen and oxygen atoms in total. The molecule has 3 aromatic carbocycles. The van der Waals surface area contributed by atoms with E-state index in [1.54, 1.807) is 47.4 Å². The van der Waals surface area contributed by atoms with Crippen molar-refractivity contribution in [2.45, 2.75) is 20.1 Å². The molecule has 0 aromatic heterocycles. The summed E-state index contributed by atoms with van der Waals surface area (Å²) in [4.78, 5) is 25.9. The highest BCUT2D eigenvalue weighted by Crippen LogP contribution is 2.36. The number of benzene rings is 3. The molecule has 1 amide bonds. The van der Waals surface area contributed by atoms with Crippen molar-refractivity contribution in [3.05, 3.63) is 105 Å². The first kappa shape index (κ1) is 24.4. The molecule has 4 rings (SSSR count). The summed E-state index contributed by atoms with van der Waals surface area (Å²) in [5.41, 5.74) is 2.22. The van der Waals surface area contributed by atoms with Gasteiger partial charge in [-0.3, -0.25) is 19.8 Å². The normalized spacial score (nSPS) is 14.4. The summed E-state index contributed by atoms with van der Waals surface area (Å²) >= 11 is 6.71. The summed E-state index contributed by atoms with van der Waals surface area (Å²) in [6.45, 7) is 2.71. The van der Waals surface area contributed by atoms with Crippen LogP contribution in [-0.2, 0) is 17.9 Å². The molecule has 0 bridgehead atoms. The first-order chi connectivity index (χ1) is 17.0. The number of thioether (sulfide) groups is 1. The van der Waals surface area contributed by atoms with Crippen LogP contribution < -0.4 is 9.47 Å². The van der Waals surface area contributed by atoms with Crippen LogP contribution in [0.1, 0.15) is 23.6 Å². The summed E-state index contributed by atoms with van der Waals surface area (Å²) in [7, 11) is 0. The second kappa shape index (κ2) is 11.2. The molecule has 0 N–H and O–H groups in total. The topological polar surface area (TPSA) is 81.9 Å². The number of nitro benzene ring substituents is 1. The smallest absolute Gasteiger partial charge is 0.276 e. The minimum absolute atomic E-state index is 0.000361. The van der Waals surface area contributed by atoms with E-state index in [-0.39, 0.29) is 18.2 Å².